The van der Waals surface area contributed by atoms with E-state index in [0.717, 1.165) is 45.7 Å². The molecule has 5 heterocycles. The molecule has 5 rings (SSSR count). The first kappa shape index (κ1) is 21.3. The largest absolute Gasteiger partial charge is 0.378 e. The Morgan fingerprint density at radius 3 is 2.79 bits per heavy atom. The van der Waals surface area contributed by atoms with Crippen LogP contribution < -0.4 is 5.32 Å². The highest BCUT2D eigenvalue weighted by Gasteiger charge is 2.38. The number of anilines is 1. The number of nitrogens with zero attached hydrogens (tertiary/aromatic N) is 5. The van der Waals surface area contributed by atoms with Crippen LogP contribution in [0.15, 0.2) is 43.0 Å². The van der Waals surface area contributed by atoms with Crippen molar-refractivity contribution in [1.29, 1.82) is 0 Å². The summed E-state index contributed by atoms with van der Waals surface area (Å²) in [6, 6.07) is 8.07. The number of carbonyl (C=O) groups excluding carboxylic acids is 1. The molecule has 33 heavy (non-hydrogen) atoms. The number of aryl methyl sites for hydroxylation is 2. The molecule has 1 amide bonds. The Kier molecular flexibility index (Phi) is 5.22. The summed E-state index contributed by atoms with van der Waals surface area (Å²) < 4.78 is 15.3. The van der Waals surface area contributed by atoms with Gasteiger partial charge in [-0.15, -0.1) is 0 Å². The van der Waals surface area contributed by atoms with E-state index in [9.17, 15) is 4.79 Å². The van der Waals surface area contributed by atoms with Crippen molar-refractivity contribution in [1.82, 2.24) is 24.1 Å². The van der Waals surface area contributed by atoms with Crippen molar-refractivity contribution in [3.63, 3.8) is 0 Å². The average molecular weight is 447 g/mol. The number of carbonyl (C=O) groups is 1. The minimum atomic E-state index is -0.550. The lowest BCUT2D eigenvalue weighted by molar-refractivity contribution is -0.114. The van der Waals surface area contributed by atoms with Crippen LogP contribution in [0.1, 0.15) is 24.6 Å². The average Bonchev–Trinajstić information content (AvgIpc) is 3.51. The third-order valence-corrected chi connectivity index (χ3v) is 6.06. The number of methoxy groups -OCH3 is 1. The second kappa shape index (κ2) is 8.09. The molecule has 0 aliphatic carbocycles. The van der Waals surface area contributed by atoms with Crippen LogP contribution in [0.4, 0.5) is 5.82 Å². The van der Waals surface area contributed by atoms with E-state index in [4.69, 9.17) is 14.5 Å². The van der Waals surface area contributed by atoms with Gasteiger partial charge >= 0.3 is 0 Å². The number of pyridine rings is 1. The van der Waals surface area contributed by atoms with Crippen LogP contribution in [0, 0.1) is 6.92 Å². The SMILES string of the molecule is CO[C@@]1(c2cc(C)cc(-c3cc(-c4cnn(C)c4)n4cnc(NC(C)=O)cc34)n2)CCOC1. The van der Waals surface area contributed by atoms with Crippen LogP contribution in [0.5, 0.6) is 0 Å². The Labute approximate surface area is 191 Å². The molecule has 0 spiro atoms. The lowest BCUT2D eigenvalue weighted by atomic mass is 9.95. The molecule has 0 unspecified atom stereocenters. The number of hydrogen-bond donors (Lipinski definition) is 1. The highest BCUT2D eigenvalue weighted by atomic mass is 16.5. The quantitative estimate of drug-likeness (QED) is 0.505. The Morgan fingerprint density at radius 1 is 1.27 bits per heavy atom. The van der Waals surface area contributed by atoms with E-state index in [1.54, 1.807) is 18.1 Å². The minimum absolute atomic E-state index is 0.174. The molecule has 1 aliphatic heterocycles. The van der Waals surface area contributed by atoms with E-state index in [2.05, 4.69) is 40.5 Å². The molecule has 9 nitrogen and oxygen atoms in total. The Hall–Kier alpha value is -3.56. The van der Waals surface area contributed by atoms with Crippen LogP contribution in [-0.4, -0.2) is 50.4 Å². The molecule has 4 aromatic heterocycles. The van der Waals surface area contributed by atoms with Gasteiger partial charge in [0.2, 0.25) is 5.91 Å². The molecule has 0 bridgehead atoms. The second-order valence-corrected chi connectivity index (χ2v) is 8.47. The van der Waals surface area contributed by atoms with Crippen molar-refractivity contribution in [3.8, 4) is 22.5 Å². The molecule has 1 saturated heterocycles. The number of nitrogens with one attached hydrogen (secondary N) is 1. The van der Waals surface area contributed by atoms with Crippen molar-refractivity contribution < 1.29 is 14.3 Å². The lowest BCUT2D eigenvalue weighted by Crippen LogP contribution is -2.30. The highest BCUT2D eigenvalue weighted by molar-refractivity contribution is 5.91. The first-order chi connectivity index (χ1) is 15.9. The summed E-state index contributed by atoms with van der Waals surface area (Å²) in [7, 11) is 3.59. The number of hydrogen-bond acceptors (Lipinski definition) is 6. The van der Waals surface area contributed by atoms with Crippen LogP contribution in [-0.2, 0) is 26.9 Å². The number of ether oxygens (including phenoxy) is 2. The van der Waals surface area contributed by atoms with Gasteiger partial charge < -0.3 is 14.8 Å². The molecule has 1 fully saturated rings. The van der Waals surface area contributed by atoms with Crippen molar-refractivity contribution in [2.75, 3.05) is 25.6 Å². The van der Waals surface area contributed by atoms with Crippen molar-refractivity contribution in [2.45, 2.75) is 25.9 Å². The summed E-state index contributed by atoms with van der Waals surface area (Å²) in [4.78, 5) is 21.1. The summed E-state index contributed by atoms with van der Waals surface area (Å²) in [6.07, 6.45) is 6.24. The normalized spacial score (nSPS) is 18.2. The summed E-state index contributed by atoms with van der Waals surface area (Å²) in [5, 5.41) is 7.09. The van der Waals surface area contributed by atoms with E-state index in [-0.39, 0.29) is 5.91 Å². The lowest BCUT2D eigenvalue weighted by Gasteiger charge is -2.26. The maximum Gasteiger partial charge on any atom is 0.222 e. The summed E-state index contributed by atoms with van der Waals surface area (Å²) >= 11 is 0. The summed E-state index contributed by atoms with van der Waals surface area (Å²) in [5.74, 6) is 0.309. The van der Waals surface area contributed by atoms with Crippen LogP contribution in [0.25, 0.3) is 28.0 Å². The van der Waals surface area contributed by atoms with Crippen molar-refractivity contribution >= 4 is 17.2 Å². The highest BCUT2D eigenvalue weighted by Crippen LogP contribution is 2.37. The molecule has 1 N–H and O–H groups in total. The van der Waals surface area contributed by atoms with Crippen LogP contribution in [0.2, 0.25) is 0 Å². The number of amides is 1. The number of aromatic nitrogens is 5. The Morgan fingerprint density at radius 2 is 2.12 bits per heavy atom. The standard InChI is InChI=1S/C24H26N6O3/c1-15-7-19(28-22(8-15)24(32-4)5-6-33-13-24)18-9-20(17-11-26-29(3)12-17)30-14-25-23(10-21(18)30)27-16(2)31/h7-12,14H,5-6,13H2,1-4H3,(H,27,31)/t24-/m0/s1. The zero-order valence-electron chi connectivity index (χ0n) is 19.1. The van der Waals surface area contributed by atoms with Gasteiger partial charge in [-0.25, -0.2) is 9.97 Å². The van der Waals surface area contributed by atoms with E-state index in [1.807, 2.05) is 29.9 Å². The van der Waals surface area contributed by atoms with Gasteiger partial charge in [-0.3, -0.25) is 13.9 Å². The van der Waals surface area contributed by atoms with Crippen LogP contribution >= 0.6 is 0 Å². The summed E-state index contributed by atoms with van der Waals surface area (Å²) in [6.45, 7) is 4.64. The fraction of sp³-hybridized carbons (Fsp3) is 0.333. The van der Waals surface area contributed by atoms with Gasteiger partial charge in [-0.2, -0.15) is 5.10 Å². The van der Waals surface area contributed by atoms with Gasteiger partial charge in [-0.1, -0.05) is 0 Å². The van der Waals surface area contributed by atoms with Gasteiger partial charge in [0.05, 0.1) is 35.4 Å². The maximum absolute atomic E-state index is 11.6. The first-order valence-corrected chi connectivity index (χ1v) is 10.8. The predicted molar refractivity (Wildman–Crippen MR) is 124 cm³/mol. The molecule has 1 atom stereocenters. The smallest absolute Gasteiger partial charge is 0.222 e. The summed E-state index contributed by atoms with van der Waals surface area (Å²) in [5.41, 5.74) is 5.91. The number of fused-ring (bicyclic) bond motifs is 1. The molecular formula is C24H26N6O3. The maximum atomic E-state index is 11.6. The van der Waals surface area contributed by atoms with E-state index in [0.29, 0.717) is 19.0 Å². The Balaban J connectivity index is 1.72. The van der Waals surface area contributed by atoms with Gasteiger partial charge in [0, 0.05) is 57.5 Å². The van der Waals surface area contributed by atoms with Gasteiger partial charge in [0.15, 0.2) is 0 Å². The van der Waals surface area contributed by atoms with E-state index in [1.165, 1.54) is 6.92 Å². The van der Waals surface area contributed by atoms with Gasteiger partial charge in [-0.05, 0) is 30.7 Å². The Bertz CT molecular complexity index is 1350. The molecule has 0 saturated carbocycles. The van der Waals surface area contributed by atoms with Crippen LogP contribution in [0.3, 0.4) is 0 Å². The molecule has 170 valence electrons. The molecule has 0 radical (unpaired) electrons. The molecule has 1 aliphatic rings. The predicted octanol–water partition coefficient (Wildman–Crippen LogP) is 3.33. The molecule has 9 heteroatoms. The molecular weight excluding hydrogens is 420 g/mol. The molecule has 0 aromatic carbocycles. The third kappa shape index (κ3) is 3.79. The van der Waals surface area contributed by atoms with Crippen molar-refractivity contribution in [3.05, 3.63) is 54.2 Å². The minimum Gasteiger partial charge on any atom is -0.378 e. The van der Waals surface area contributed by atoms with E-state index >= 15 is 0 Å². The zero-order valence-corrected chi connectivity index (χ0v) is 19.1. The monoisotopic (exact) mass is 446 g/mol. The van der Waals surface area contributed by atoms with E-state index < -0.39 is 5.60 Å². The fourth-order valence-electron chi connectivity index (χ4n) is 4.38. The molecule has 4 aromatic rings. The fourth-order valence-corrected chi connectivity index (χ4v) is 4.38. The third-order valence-electron chi connectivity index (χ3n) is 6.06. The second-order valence-electron chi connectivity index (χ2n) is 8.47. The van der Waals surface area contributed by atoms with Gasteiger partial charge in [0.1, 0.15) is 17.7 Å². The van der Waals surface area contributed by atoms with Gasteiger partial charge in [0.25, 0.3) is 0 Å². The van der Waals surface area contributed by atoms with Crippen molar-refractivity contribution in [2.24, 2.45) is 7.05 Å². The number of rotatable bonds is 5. The first-order valence-electron chi connectivity index (χ1n) is 10.8. The zero-order chi connectivity index (χ0) is 23.2. The topological polar surface area (TPSA) is 95.6 Å².